The maximum atomic E-state index is 12.3. The fraction of sp³-hybridized carbons (Fsp3) is 0.263. The number of carbonyl (C=O) groups excluding carboxylic acids is 2. The maximum Gasteiger partial charge on any atom is 0.273 e. The minimum Gasteiger partial charge on any atom is -0.490 e. The zero-order valence-corrected chi connectivity index (χ0v) is 15.7. The number of benzene rings is 2. The van der Waals surface area contributed by atoms with Gasteiger partial charge in [0.05, 0.1) is 18.2 Å². The monoisotopic (exact) mass is 375 g/mol. The Hall–Kier alpha value is -2.73. The molecule has 2 aromatic carbocycles. The van der Waals surface area contributed by atoms with Crippen molar-refractivity contribution in [1.82, 2.24) is 10.9 Å². The third-order valence-corrected chi connectivity index (χ3v) is 3.60. The second kappa shape index (κ2) is 9.10. The Morgan fingerprint density at radius 3 is 2.42 bits per heavy atom. The molecule has 0 aliphatic heterocycles. The number of nitrogens with one attached hydrogen (secondary N) is 3. The molecule has 0 saturated carbocycles. The van der Waals surface area contributed by atoms with Crippen LogP contribution in [-0.4, -0.2) is 24.5 Å². The summed E-state index contributed by atoms with van der Waals surface area (Å²) in [6.07, 6.45) is -0.101. The smallest absolute Gasteiger partial charge is 0.273 e. The highest BCUT2D eigenvalue weighted by Gasteiger charge is 2.15. The Morgan fingerprint density at radius 2 is 1.77 bits per heavy atom. The van der Waals surface area contributed by atoms with Crippen molar-refractivity contribution in [3.05, 3.63) is 58.6 Å². The molecule has 0 radical (unpaired) electrons. The fourth-order valence-corrected chi connectivity index (χ4v) is 2.30. The molecule has 0 fully saturated rings. The number of hydrazine groups is 1. The molecule has 138 valence electrons. The standard InChI is InChI=1S/C19H22ClN3O3/c1-12(2)26-17-9-6-14(20)10-16(17)19(25)23-22-18(24)11-21-15-7-4-13(3)5-8-15/h4-10,12,21H,11H2,1-3H3,(H,22,24)(H,23,25). The number of anilines is 1. The summed E-state index contributed by atoms with van der Waals surface area (Å²) in [5.41, 5.74) is 6.93. The average Bonchev–Trinajstić information content (AvgIpc) is 2.60. The quantitative estimate of drug-likeness (QED) is 0.677. The Balaban J connectivity index is 1.90. The third-order valence-electron chi connectivity index (χ3n) is 3.37. The number of carbonyl (C=O) groups is 2. The molecule has 0 aromatic heterocycles. The van der Waals surface area contributed by atoms with Crippen LogP contribution in [0.25, 0.3) is 0 Å². The van der Waals surface area contributed by atoms with E-state index in [0.717, 1.165) is 11.3 Å². The highest BCUT2D eigenvalue weighted by molar-refractivity contribution is 6.31. The first kappa shape index (κ1) is 19.6. The van der Waals surface area contributed by atoms with Crippen LogP contribution in [0.15, 0.2) is 42.5 Å². The molecule has 2 aromatic rings. The number of rotatable bonds is 6. The van der Waals surface area contributed by atoms with E-state index in [4.69, 9.17) is 16.3 Å². The molecule has 0 aliphatic carbocycles. The largest absolute Gasteiger partial charge is 0.490 e. The van der Waals surface area contributed by atoms with Gasteiger partial charge in [-0.1, -0.05) is 29.3 Å². The first-order valence-corrected chi connectivity index (χ1v) is 8.59. The number of aryl methyl sites for hydroxylation is 1. The average molecular weight is 376 g/mol. The third kappa shape index (κ3) is 5.97. The molecule has 26 heavy (non-hydrogen) atoms. The number of amides is 2. The molecule has 0 atom stereocenters. The number of halogens is 1. The van der Waals surface area contributed by atoms with Crippen LogP contribution in [0.2, 0.25) is 5.02 Å². The lowest BCUT2D eigenvalue weighted by molar-refractivity contribution is -0.120. The van der Waals surface area contributed by atoms with Gasteiger partial charge in [0.1, 0.15) is 5.75 Å². The van der Waals surface area contributed by atoms with Gasteiger partial charge in [-0.3, -0.25) is 20.4 Å². The summed E-state index contributed by atoms with van der Waals surface area (Å²) >= 11 is 5.96. The summed E-state index contributed by atoms with van der Waals surface area (Å²) in [5.74, 6) is -0.493. The molecule has 0 bridgehead atoms. The molecule has 3 N–H and O–H groups in total. The summed E-state index contributed by atoms with van der Waals surface area (Å²) < 4.78 is 5.60. The van der Waals surface area contributed by atoms with E-state index < -0.39 is 5.91 Å². The number of hydrogen-bond acceptors (Lipinski definition) is 4. The summed E-state index contributed by atoms with van der Waals surface area (Å²) in [4.78, 5) is 24.2. The van der Waals surface area contributed by atoms with Crippen LogP contribution in [-0.2, 0) is 4.79 Å². The van der Waals surface area contributed by atoms with Crippen LogP contribution in [0.1, 0.15) is 29.8 Å². The molecule has 2 amide bonds. The second-order valence-electron chi connectivity index (χ2n) is 6.03. The SMILES string of the molecule is Cc1ccc(NCC(=O)NNC(=O)c2cc(Cl)ccc2OC(C)C)cc1. The fourth-order valence-electron chi connectivity index (χ4n) is 2.13. The van der Waals surface area contributed by atoms with E-state index in [2.05, 4.69) is 16.2 Å². The molecule has 2 rings (SSSR count). The van der Waals surface area contributed by atoms with Crippen molar-refractivity contribution in [2.45, 2.75) is 26.9 Å². The Kier molecular flexibility index (Phi) is 6.86. The minimum absolute atomic E-state index is 0.0221. The molecule has 0 heterocycles. The molecule has 0 aliphatic rings. The minimum atomic E-state index is -0.508. The molecule has 0 unspecified atom stereocenters. The molecular formula is C19H22ClN3O3. The van der Waals surface area contributed by atoms with Crippen LogP contribution in [0.3, 0.4) is 0 Å². The van der Waals surface area contributed by atoms with E-state index in [0.29, 0.717) is 10.8 Å². The molecule has 0 spiro atoms. The zero-order valence-electron chi connectivity index (χ0n) is 14.9. The van der Waals surface area contributed by atoms with Crippen molar-refractivity contribution in [3.63, 3.8) is 0 Å². The summed E-state index contributed by atoms with van der Waals surface area (Å²) in [5, 5.41) is 3.37. The van der Waals surface area contributed by atoms with Gasteiger partial charge in [-0.2, -0.15) is 0 Å². The van der Waals surface area contributed by atoms with Gasteiger partial charge in [0.25, 0.3) is 11.8 Å². The lowest BCUT2D eigenvalue weighted by Gasteiger charge is -2.15. The van der Waals surface area contributed by atoms with Crippen molar-refractivity contribution in [2.75, 3.05) is 11.9 Å². The van der Waals surface area contributed by atoms with E-state index in [1.54, 1.807) is 12.1 Å². The van der Waals surface area contributed by atoms with Gasteiger partial charge in [0, 0.05) is 10.7 Å². The Labute approximate surface area is 157 Å². The van der Waals surface area contributed by atoms with Crippen LogP contribution in [0.4, 0.5) is 5.69 Å². The molecule has 6 nitrogen and oxygen atoms in total. The molecular weight excluding hydrogens is 354 g/mol. The van der Waals surface area contributed by atoms with Gasteiger partial charge in [-0.15, -0.1) is 0 Å². The van der Waals surface area contributed by atoms with Crippen LogP contribution in [0, 0.1) is 6.92 Å². The Morgan fingerprint density at radius 1 is 1.08 bits per heavy atom. The van der Waals surface area contributed by atoms with Gasteiger partial charge in [-0.25, -0.2) is 0 Å². The van der Waals surface area contributed by atoms with Crippen molar-refractivity contribution in [2.24, 2.45) is 0 Å². The Bertz CT molecular complexity index is 776. The predicted octanol–water partition coefficient (Wildman–Crippen LogP) is 3.31. The first-order chi connectivity index (χ1) is 12.3. The second-order valence-corrected chi connectivity index (χ2v) is 6.47. The van der Waals surface area contributed by atoms with Gasteiger partial charge in [-0.05, 0) is 51.1 Å². The van der Waals surface area contributed by atoms with Crippen LogP contribution in [0.5, 0.6) is 5.75 Å². The number of ether oxygens (including phenoxy) is 1. The maximum absolute atomic E-state index is 12.3. The summed E-state index contributed by atoms with van der Waals surface area (Å²) in [6, 6.07) is 12.4. The normalized spacial score (nSPS) is 10.3. The van der Waals surface area contributed by atoms with Crippen LogP contribution < -0.4 is 20.9 Å². The summed E-state index contributed by atoms with van der Waals surface area (Å²) in [6.45, 7) is 5.72. The van der Waals surface area contributed by atoms with E-state index in [9.17, 15) is 9.59 Å². The van der Waals surface area contributed by atoms with Crippen molar-refractivity contribution in [1.29, 1.82) is 0 Å². The van der Waals surface area contributed by atoms with Crippen molar-refractivity contribution in [3.8, 4) is 5.75 Å². The van der Waals surface area contributed by atoms with Gasteiger partial charge in [0.15, 0.2) is 0 Å². The topological polar surface area (TPSA) is 79.5 Å². The summed E-state index contributed by atoms with van der Waals surface area (Å²) in [7, 11) is 0. The highest BCUT2D eigenvalue weighted by atomic mass is 35.5. The lowest BCUT2D eigenvalue weighted by atomic mass is 10.2. The molecule has 0 saturated heterocycles. The first-order valence-electron chi connectivity index (χ1n) is 8.21. The van der Waals surface area contributed by atoms with Gasteiger partial charge >= 0.3 is 0 Å². The predicted molar refractivity (Wildman–Crippen MR) is 102 cm³/mol. The van der Waals surface area contributed by atoms with E-state index >= 15 is 0 Å². The number of hydrogen-bond donors (Lipinski definition) is 3. The lowest BCUT2D eigenvalue weighted by Crippen LogP contribution is -2.44. The van der Waals surface area contributed by atoms with Crippen molar-refractivity contribution < 1.29 is 14.3 Å². The van der Waals surface area contributed by atoms with E-state index in [-0.39, 0.29) is 24.1 Å². The van der Waals surface area contributed by atoms with E-state index in [1.807, 2.05) is 45.0 Å². The van der Waals surface area contributed by atoms with Crippen LogP contribution >= 0.6 is 11.6 Å². The molecule has 7 heteroatoms. The highest BCUT2D eigenvalue weighted by Crippen LogP contribution is 2.23. The zero-order chi connectivity index (χ0) is 19.1. The van der Waals surface area contributed by atoms with Gasteiger partial charge < -0.3 is 10.1 Å². The van der Waals surface area contributed by atoms with Crippen molar-refractivity contribution >= 4 is 29.1 Å². The van der Waals surface area contributed by atoms with Gasteiger partial charge in [0.2, 0.25) is 0 Å². The van der Waals surface area contributed by atoms with E-state index in [1.165, 1.54) is 6.07 Å².